The van der Waals surface area contributed by atoms with Gasteiger partial charge in [-0.3, -0.25) is 9.59 Å². The fourth-order valence-electron chi connectivity index (χ4n) is 2.51. The first-order chi connectivity index (χ1) is 9.94. The molecule has 1 aliphatic rings. The van der Waals surface area contributed by atoms with Crippen LogP contribution in [0.3, 0.4) is 0 Å². The Kier molecular flexibility index (Phi) is 5.13. The molecular formula is C15H22N2O3S. The van der Waals surface area contributed by atoms with Gasteiger partial charge in [0.25, 0.3) is 5.91 Å². The minimum absolute atomic E-state index is 0.00626. The van der Waals surface area contributed by atoms with E-state index in [9.17, 15) is 9.59 Å². The molecule has 0 radical (unpaired) electrons. The molecule has 1 aliphatic heterocycles. The van der Waals surface area contributed by atoms with E-state index >= 15 is 0 Å². The number of rotatable bonds is 5. The molecule has 1 aromatic rings. The summed E-state index contributed by atoms with van der Waals surface area (Å²) in [6.07, 6.45) is 1.81. The van der Waals surface area contributed by atoms with E-state index in [1.54, 1.807) is 12.1 Å². The largest absolute Gasteiger partial charge is 0.381 e. The highest BCUT2D eigenvalue weighted by Crippen LogP contribution is 2.25. The van der Waals surface area contributed by atoms with Crippen LogP contribution in [0.1, 0.15) is 39.1 Å². The molecule has 1 N–H and O–H groups in total. The Morgan fingerprint density at radius 1 is 1.29 bits per heavy atom. The molecule has 0 aromatic carbocycles. The summed E-state index contributed by atoms with van der Waals surface area (Å²) in [6.45, 7) is 3.55. The van der Waals surface area contributed by atoms with Gasteiger partial charge in [0.15, 0.2) is 5.78 Å². The molecule has 1 amide bonds. The molecule has 2 heterocycles. The lowest BCUT2D eigenvalue weighted by Gasteiger charge is -2.42. The number of amides is 1. The Balaban J connectivity index is 1.99. The van der Waals surface area contributed by atoms with Crippen molar-refractivity contribution in [2.45, 2.75) is 25.3 Å². The number of nitrogens with one attached hydrogen (secondary N) is 1. The van der Waals surface area contributed by atoms with Crippen LogP contribution in [0.5, 0.6) is 0 Å². The van der Waals surface area contributed by atoms with Crippen molar-refractivity contribution >= 4 is 23.0 Å². The van der Waals surface area contributed by atoms with Gasteiger partial charge in [0.1, 0.15) is 0 Å². The van der Waals surface area contributed by atoms with Crippen LogP contribution in [-0.4, -0.2) is 56.0 Å². The number of nitrogens with zero attached hydrogens (tertiary/aromatic N) is 1. The molecule has 0 unspecified atom stereocenters. The quantitative estimate of drug-likeness (QED) is 0.843. The molecular weight excluding hydrogens is 288 g/mol. The van der Waals surface area contributed by atoms with Crippen LogP contribution in [0.15, 0.2) is 12.1 Å². The van der Waals surface area contributed by atoms with Gasteiger partial charge in [0.05, 0.1) is 9.75 Å². The van der Waals surface area contributed by atoms with Crippen molar-refractivity contribution in [2.75, 3.05) is 33.9 Å². The summed E-state index contributed by atoms with van der Waals surface area (Å²) in [5.74, 6) is -0.117. The molecule has 0 spiro atoms. The topological polar surface area (TPSA) is 58.6 Å². The number of carbonyl (C=O) groups is 2. The molecule has 21 heavy (non-hydrogen) atoms. The summed E-state index contributed by atoms with van der Waals surface area (Å²) in [4.78, 5) is 26.9. The average Bonchev–Trinajstić information content (AvgIpc) is 2.95. The minimum atomic E-state index is -0.111. The van der Waals surface area contributed by atoms with Gasteiger partial charge in [0.2, 0.25) is 0 Å². The van der Waals surface area contributed by atoms with Crippen LogP contribution in [0, 0.1) is 0 Å². The van der Waals surface area contributed by atoms with Gasteiger partial charge in [-0.2, -0.15) is 0 Å². The fourth-order valence-corrected chi connectivity index (χ4v) is 3.33. The van der Waals surface area contributed by atoms with Crippen LogP contribution in [0.4, 0.5) is 0 Å². The van der Waals surface area contributed by atoms with Crippen LogP contribution in [-0.2, 0) is 4.74 Å². The average molecular weight is 310 g/mol. The van der Waals surface area contributed by atoms with E-state index in [0.717, 1.165) is 26.1 Å². The zero-order valence-electron chi connectivity index (χ0n) is 12.8. The Hall–Kier alpha value is -1.24. The number of Topliss-reactive ketones (excluding diaryl/α,β-unsaturated/α-hetero) is 1. The van der Waals surface area contributed by atoms with Gasteiger partial charge in [-0.1, -0.05) is 0 Å². The van der Waals surface area contributed by atoms with Gasteiger partial charge in [0, 0.05) is 25.3 Å². The lowest BCUT2D eigenvalue weighted by molar-refractivity contribution is -0.00656. The van der Waals surface area contributed by atoms with Crippen molar-refractivity contribution in [2.24, 2.45) is 0 Å². The molecule has 0 aliphatic carbocycles. The van der Waals surface area contributed by atoms with E-state index in [-0.39, 0.29) is 17.2 Å². The highest BCUT2D eigenvalue weighted by atomic mass is 32.1. The molecule has 116 valence electrons. The Morgan fingerprint density at radius 3 is 2.43 bits per heavy atom. The SMILES string of the molecule is CC(=O)c1ccc(C(=O)NCC2(N(C)C)CCOCC2)s1. The second kappa shape index (κ2) is 6.68. The third-order valence-corrected chi connectivity index (χ3v) is 5.31. The second-order valence-corrected chi connectivity index (χ2v) is 6.72. The van der Waals surface area contributed by atoms with E-state index in [1.165, 1.54) is 18.3 Å². The van der Waals surface area contributed by atoms with Crippen molar-refractivity contribution in [3.63, 3.8) is 0 Å². The predicted octanol–water partition coefficient (Wildman–Crippen LogP) is 1.79. The molecule has 6 heteroatoms. The molecule has 2 rings (SSSR count). The van der Waals surface area contributed by atoms with Crippen LogP contribution in [0.2, 0.25) is 0 Å². The zero-order chi connectivity index (χ0) is 15.5. The maximum absolute atomic E-state index is 12.2. The van der Waals surface area contributed by atoms with Gasteiger partial charge in [-0.05, 0) is 46.0 Å². The maximum Gasteiger partial charge on any atom is 0.261 e. The number of carbonyl (C=O) groups excluding carboxylic acids is 2. The van der Waals surface area contributed by atoms with Gasteiger partial charge < -0.3 is 15.0 Å². The van der Waals surface area contributed by atoms with Gasteiger partial charge in [-0.15, -0.1) is 11.3 Å². The van der Waals surface area contributed by atoms with Crippen molar-refractivity contribution in [3.8, 4) is 0 Å². The summed E-state index contributed by atoms with van der Waals surface area (Å²) >= 11 is 1.24. The minimum Gasteiger partial charge on any atom is -0.381 e. The molecule has 0 bridgehead atoms. The standard InChI is InChI=1S/C15H22N2O3S/c1-11(18)12-4-5-13(21-12)14(19)16-10-15(17(2)3)6-8-20-9-7-15/h4-5H,6-10H2,1-3H3,(H,16,19). The van der Waals surface area contributed by atoms with E-state index in [0.29, 0.717) is 16.3 Å². The summed E-state index contributed by atoms with van der Waals surface area (Å²) in [7, 11) is 4.08. The van der Waals surface area contributed by atoms with Crippen molar-refractivity contribution in [1.82, 2.24) is 10.2 Å². The first kappa shape index (κ1) is 16.1. The van der Waals surface area contributed by atoms with Crippen molar-refractivity contribution in [1.29, 1.82) is 0 Å². The first-order valence-corrected chi connectivity index (χ1v) is 7.90. The molecule has 0 saturated carbocycles. The molecule has 1 saturated heterocycles. The smallest absolute Gasteiger partial charge is 0.261 e. The van der Waals surface area contributed by atoms with Gasteiger partial charge in [-0.25, -0.2) is 0 Å². The summed E-state index contributed by atoms with van der Waals surface area (Å²) in [6, 6.07) is 3.42. The summed E-state index contributed by atoms with van der Waals surface area (Å²) in [5, 5.41) is 3.01. The molecule has 0 atom stereocenters. The second-order valence-electron chi connectivity index (χ2n) is 5.63. The number of hydrogen-bond donors (Lipinski definition) is 1. The van der Waals surface area contributed by atoms with Gasteiger partial charge >= 0.3 is 0 Å². The third-order valence-electron chi connectivity index (χ3n) is 4.13. The normalized spacial score (nSPS) is 17.7. The van der Waals surface area contributed by atoms with Crippen molar-refractivity contribution in [3.05, 3.63) is 21.9 Å². The maximum atomic E-state index is 12.2. The van der Waals surface area contributed by atoms with Crippen LogP contribution >= 0.6 is 11.3 Å². The predicted molar refractivity (Wildman–Crippen MR) is 83.1 cm³/mol. The molecule has 1 aromatic heterocycles. The van der Waals surface area contributed by atoms with E-state index in [2.05, 4.69) is 10.2 Å². The number of hydrogen-bond acceptors (Lipinski definition) is 5. The third kappa shape index (κ3) is 3.70. The monoisotopic (exact) mass is 310 g/mol. The summed E-state index contributed by atoms with van der Waals surface area (Å²) < 4.78 is 5.42. The van der Waals surface area contributed by atoms with Crippen molar-refractivity contribution < 1.29 is 14.3 Å². The number of thiophene rings is 1. The number of likely N-dealkylation sites (N-methyl/N-ethyl adjacent to an activating group) is 1. The Morgan fingerprint density at radius 2 is 1.90 bits per heavy atom. The highest BCUT2D eigenvalue weighted by Gasteiger charge is 2.35. The number of ether oxygens (including phenoxy) is 1. The van der Waals surface area contributed by atoms with E-state index < -0.39 is 0 Å². The highest BCUT2D eigenvalue weighted by molar-refractivity contribution is 7.15. The molecule has 5 nitrogen and oxygen atoms in total. The first-order valence-electron chi connectivity index (χ1n) is 7.09. The van der Waals surface area contributed by atoms with E-state index in [4.69, 9.17) is 4.74 Å². The Labute approximate surface area is 129 Å². The lowest BCUT2D eigenvalue weighted by atomic mass is 9.88. The van der Waals surface area contributed by atoms with Crippen LogP contribution < -0.4 is 5.32 Å². The zero-order valence-corrected chi connectivity index (χ0v) is 13.6. The fraction of sp³-hybridized carbons (Fsp3) is 0.600. The van der Waals surface area contributed by atoms with E-state index in [1.807, 2.05) is 14.1 Å². The molecule has 1 fully saturated rings. The summed E-state index contributed by atoms with van der Waals surface area (Å²) in [5.41, 5.74) is -0.0470. The van der Waals surface area contributed by atoms with Crippen LogP contribution in [0.25, 0.3) is 0 Å². The number of ketones is 1. The Bertz CT molecular complexity index is 519. The lowest BCUT2D eigenvalue weighted by Crippen LogP contribution is -2.55.